The predicted molar refractivity (Wildman–Crippen MR) is 87.9 cm³/mol. The summed E-state index contributed by atoms with van der Waals surface area (Å²) in [5, 5.41) is 3.62. The number of rotatable bonds is 9. The fraction of sp³-hybridized carbons (Fsp3) is 0.667. The summed E-state index contributed by atoms with van der Waals surface area (Å²) in [5.41, 5.74) is 1.63. The fourth-order valence-corrected chi connectivity index (χ4v) is 2.46. The van der Waals surface area contributed by atoms with Gasteiger partial charge in [0.15, 0.2) is 17.0 Å². The monoisotopic (exact) mass is 309 g/mol. The van der Waals surface area contributed by atoms with Crippen molar-refractivity contribution < 1.29 is 0 Å². The quantitative estimate of drug-likeness (QED) is 0.555. The molecule has 5 nitrogen and oxygen atoms in total. The van der Waals surface area contributed by atoms with Gasteiger partial charge in [-0.05, 0) is 24.4 Å². The lowest BCUT2D eigenvalue weighted by Gasteiger charge is -2.07. The van der Waals surface area contributed by atoms with Crippen molar-refractivity contribution in [3.63, 3.8) is 0 Å². The van der Waals surface area contributed by atoms with E-state index in [4.69, 9.17) is 11.6 Å². The minimum atomic E-state index is 0.275. The van der Waals surface area contributed by atoms with Crippen LogP contribution in [0, 0.1) is 0 Å². The predicted octanol–water partition coefficient (Wildman–Crippen LogP) is 4.27. The van der Waals surface area contributed by atoms with Gasteiger partial charge in [0, 0.05) is 13.1 Å². The molecule has 0 fully saturated rings. The van der Waals surface area contributed by atoms with E-state index in [2.05, 4.69) is 38.7 Å². The van der Waals surface area contributed by atoms with E-state index < -0.39 is 0 Å². The molecule has 0 amide bonds. The van der Waals surface area contributed by atoms with Gasteiger partial charge in [-0.25, -0.2) is 4.98 Å². The Hall–Kier alpha value is -1.36. The van der Waals surface area contributed by atoms with Gasteiger partial charge in [0.25, 0.3) is 0 Å². The van der Waals surface area contributed by atoms with Gasteiger partial charge >= 0.3 is 0 Å². The number of hydrogen-bond donors (Lipinski definition) is 1. The number of aromatic nitrogens is 4. The van der Waals surface area contributed by atoms with Crippen molar-refractivity contribution in [3.05, 3.63) is 11.6 Å². The molecule has 2 aromatic rings. The minimum Gasteiger partial charge on any atom is -0.368 e. The fourth-order valence-electron chi connectivity index (χ4n) is 2.29. The van der Waals surface area contributed by atoms with E-state index in [1.54, 1.807) is 0 Å². The summed E-state index contributed by atoms with van der Waals surface area (Å²) in [6, 6.07) is 0. The van der Waals surface area contributed by atoms with Crippen molar-refractivity contribution in [3.8, 4) is 0 Å². The lowest BCUT2D eigenvalue weighted by Crippen LogP contribution is -2.06. The molecule has 0 bridgehead atoms. The maximum absolute atomic E-state index is 6.05. The molecule has 0 saturated carbocycles. The first-order valence-electron chi connectivity index (χ1n) is 7.88. The molecule has 0 radical (unpaired) electrons. The first-order valence-corrected chi connectivity index (χ1v) is 8.26. The summed E-state index contributed by atoms with van der Waals surface area (Å²) in [4.78, 5) is 13.0. The molecule has 0 atom stereocenters. The Morgan fingerprint density at radius 1 is 1.10 bits per heavy atom. The molecule has 21 heavy (non-hydrogen) atoms. The van der Waals surface area contributed by atoms with Crippen molar-refractivity contribution in [2.45, 2.75) is 58.9 Å². The highest BCUT2D eigenvalue weighted by atomic mass is 35.5. The van der Waals surface area contributed by atoms with Crippen LogP contribution in [0.5, 0.6) is 0 Å². The van der Waals surface area contributed by atoms with Gasteiger partial charge in [-0.3, -0.25) is 0 Å². The summed E-state index contributed by atoms with van der Waals surface area (Å²) < 4.78 is 2.05. The largest absolute Gasteiger partial charge is 0.368 e. The molecule has 0 unspecified atom stereocenters. The molecule has 1 N–H and O–H groups in total. The lowest BCUT2D eigenvalue weighted by molar-refractivity contribution is 0.641. The summed E-state index contributed by atoms with van der Waals surface area (Å²) in [7, 11) is 0. The normalized spacial score (nSPS) is 11.2. The summed E-state index contributed by atoms with van der Waals surface area (Å²) >= 11 is 6.05. The first kappa shape index (κ1) is 16.0. The Morgan fingerprint density at radius 3 is 2.67 bits per heavy atom. The van der Waals surface area contributed by atoms with Crippen LogP contribution in [0.2, 0.25) is 5.28 Å². The number of imidazole rings is 1. The van der Waals surface area contributed by atoms with Gasteiger partial charge < -0.3 is 9.88 Å². The van der Waals surface area contributed by atoms with Crippen LogP contribution in [0.25, 0.3) is 11.2 Å². The molecular formula is C15H24ClN5. The molecule has 0 aliphatic rings. The second kappa shape index (κ2) is 8.17. The van der Waals surface area contributed by atoms with E-state index >= 15 is 0 Å². The Bertz CT molecular complexity index is 566. The highest BCUT2D eigenvalue weighted by Crippen LogP contribution is 2.21. The number of hydrogen-bond acceptors (Lipinski definition) is 4. The van der Waals surface area contributed by atoms with E-state index in [1.807, 2.05) is 6.33 Å². The third-order valence-corrected chi connectivity index (χ3v) is 3.68. The van der Waals surface area contributed by atoms with E-state index in [1.165, 1.54) is 19.3 Å². The van der Waals surface area contributed by atoms with Crippen LogP contribution < -0.4 is 5.32 Å². The van der Waals surface area contributed by atoms with Crippen molar-refractivity contribution in [2.24, 2.45) is 0 Å². The third-order valence-electron chi connectivity index (χ3n) is 3.51. The Kier molecular flexibility index (Phi) is 6.23. The Balaban J connectivity index is 2.10. The SMILES string of the molecule is CCCCCCNc1nc(Cl)nc2c1ncn2CCCC. The number of halogens is 1. The van der Waals surface area contributed by atoms with E-state index in [0.717, 1.165) is 49.3 Å². The highest BCUT2D eigenvalue weighted by molar-refractivity contribution is 6.28. The van der Waals surface area contributed by atoms with E-state index in [-0.39, 0.29) is 5.28 Å². The van der Waals surface area contributed by atoms with Gasteiger partial charge in [0.05, 0.1) is 6.33 Å². The van der Waals surface area contributed by atoms with Crippen molar-refractivity contribution >= 4 is 28.6 Å². The lowest BCUT2D eigenvalue weighted by atomic mass is 10.2. The van der Waals surface area contributed by atoms with Crippen LogP contribution in [-0.4, -0.2) is 26.1 Å². The molecule has 2 rings (SSSR count). The van der Waals surface area contributed by atoms with Crippen molar-refractivity contribution in [2.75, 3.05) is 11.9 Å². The summed E-state index contributed by atoms with van der Waals surface area (Å²) in [6.45, 7) is 6.19. The smallest absolute Gasteiger partial charge is 0.226 e. The van der Waals surface area contributed by atoms with Crippen LogP contribution in [0.1, 0.15) is 52.4 Å². The standard InChI is InChI=1S/C15H24ClN5/c1-3-5-7-8-9-17-13-12-14(20-15(16)19-13)21(11-18-12)10-6-4-2/h11H,3-10H2,1-2H3,(H,17,19,20). The van der Waals surface area contributed by atoms with Crippen LogP contribution in [0.4, 0.5) is 5.82 Å². The van der Waals surface area contributed by atoms with Gasteiger partial charge in [0.2, 0.25) is 5.28 Å². The third kappa shape index (κ3) is 4.30. The van der Waals surface area contributed by atoms with Crippen molar-refractivity contribution in [1.29, 1.82) is 0 Å². The number of anilines is 1. The molecule has 2 aromatic heterocycles. The van der Waals surface area contributed by atoms with Gasteiger partial charge in [-0.1, -0.05) is 39.5 Å². The second-order valence-corrected chi connectivity index (χ2v) is 5.63. The Labute approximate surface area is 131 Å². The first-order chi connectivity index (χ1) is 10.3. The molecule has 0 aliphatic carbocycles. The number of nitrogens with zero attached hydrogens (tertiary/aromatic N) is 4. The average molecular weight is 310 g/mol. The van der Waals surface area contributed by atoms with Crippen molar-refractivity contribution in [1.82, 2.24) is 19.5 Å². The molecule has 0 aliphatic heterocycles. The van der Waals surface area contributed by atoms with Gasteiger partial charge in [-0.15, -0.1) is 0 Å². The molecule has 0 saturated heterocycles. The van der Waals surface area contributed by atoms with E-state index in [9.17, 15) is 0 Å². The van der Waals surface area contributed by atoms with Gasteiger partial charge in [-0.2, -0.15) is 9.97 Å². The molecule has 2 heterocycles. The zero-order valence-electron chi connectivity index (χ0n) is 12.9. The topological polar surface area (TPSA) is 55.6 Å². The summed E-state index contributed by atoms with van der Waals surface area (Å²) in [5.74, 6) is 0.747. The Morgan fingerprint density at radius 2 is 1.90 bits per heavy atom. The molecular weight excluding hydrogens is 286 g/mol. The van der Waals surface area contributed by atoms with E-state index in [0.29, 0.717) is 0 Å². The maximum atomic E-state index is 6.05. The second-order valence-electron chi connectivity index (χ2n) is 5.29. The van der Waals surface area contributed by atoms with Crippen LogP contribution >= 0.6 is 11.6 Å². The molecule has 6 heteroatoms. The maximum Gasteiger partial charge on any atom is 0.226 e. The van der Waals surface area contributed by atoms with Crippen LogP contribution in [0.15, 0.2) is 6.33 Å². The minimum absolute atomic E-state index is 0.275. The zero-order valence-corrected chi connectivity index (χ0v) is 13.7. The van der Waals surface area contributed by atoms with Crippen LogP contribution in [-0.2, 0) is 6.54 Å². The van der Waals surface area contributed by atoms with Gasteiger partial charge in [0.1, 0.15) is 0 Å². The number of nitrogens with one attached hydrogen (secondary N) is 1. The molecule has 116 valence electrons. The molecule has 0 aromatic carbocycles. The number of aryl methyl sites for hydroxylation is 1. The number of fused-ring (bicyclic) bond motifs is 1. The van der Waals surface area contributed by atoms with Crippen LogP contribution in [0.3, 0.4) is 0 Å². The molecule has 0 spiro atoms. The zero-order chi connectivity index (χ0) is 15.1. The number of unbranched alkanes of at least 4 members (excludes halogenated alkanes) is 4. The summed E-state index contributed by atoms with van der Waals surface area (Å²) in [6.07, 6.45) is 8.95. The average Bonchev–Trinajstić information content (AvgIpc) is 2.87. The highest BCUT2D eigenvalue weighted by Gasteiger charge is 2.12.